The van der Waals surface area contributed by atoms with Crippen LogP contribution in [0.2, 0.25) is 0 Å². The molecule has 2 aliphatic rings. The van der Waals surface area contributed by atoms with Gasteiger partial charge in [-0.2, -0.15) is 0 Å². The van der Waals surface area contributed by atoms with Crippen LogP contribution in [0.4, 0.5) is 4.79 Å². The number of methoxy groups -OCH3 is 2. The van der Waals surface area contributed by atoms with Crippen LogP contribution in [-0.4, -0.2) is 55.4 Å². The molecule has 33 heavy (non-hydrogen) atoms. The van der Waals surface area contributed by atoms with Crippen LogP contribution in [0, 0.1) is 0 Å². The van der Waals surface area contributed by atoms with E-state index in [-0.39, 0.29) is 18.7 Å². The van der Waals surface area contributed by atoms with Crippen molar-refractivity contribution in [2.75, 3.05) is 33.9 Å². The second-order valence-electron chi connectivity index (χ2n) is 8.00. The third kappa shape index (κ3) is 4.28. The smallest absolute Gasteiger partial charge is 0.338 e. The lowest BCUT2D eigenvalue weighted by molar-refractivity contribution is -0.139. The molecule has 1 aromatic carbocycles. The number of rotatable bonds is 7. The fourth-order valence-corrected chi connectivity index (χ4v) is 4.61. The first-order chi connectivity index (χ1) is 16.0. The van der Waals surface area contributed by atoms with Gasteiger partial charge in [-0.15, -0.1) is 0 Å². The van der Waals surface area contributed by atoms with Crippen LogP contribution in [0.25, 0.3) is 0 Å². The van der Waals surface area contributed by atoms with Gasteiger partial charge in [-0.1, -0.05) is 12.1 Å². The average Bonchev–Trinajstić information content (AvgIpc) is 3.29. The van der Waals surface area contributed by atoms with Crippen molar-refractivity contribution < 1.29 is 23.8 Å². The fraction of sp³-hybridized carbons (Fsp3) is 0.417. The van der Waals surface area contributed by atoms with E-state index in [4.69, 9.17) is 14.2 Å². The molecule has 0 saturated heterocycles. The quantitative estimate of drug-likeness (QED) is 0.625. The maximum atomic E-state index is 13.2. The van der Waals surface area contributed by atoms with E-state index in [1.807, 2.05) is 12.1 Å². The minimum Gasteiger partial charge on any atom is -0.493 e. The number of para-hydroxylation sites is 1. The molecule has 3 heterocycles. The highest BCUT2D eigenvalue weighted by Gasteiger charge is 2.37. The molecule has 9 heteroatoms. The van der Waals surface area contributed by atoms with Gasteiger partial charge in [0.2, 0.25) is 0 Å². The Morgan fingerprint density at radius 2 is 1.97 bits per heavy atom. The molecule has 0 bridgehead atoms. The lowest BCUT2D eigenvalue weighted by atomic mass is 9.93. The van der Waals surface area contributed by atoms with E-state index >= 15 is 0 Å². The third-order valence-corrected chi connectivity index (χ3v) is 6.22. The van der Waals surface area contributed by atoms with E-state index in [0.29, 0.717) is 34.9 Å². The molecular weight excluding hydrogens is 424 g/mol. The number of nitrogens with one attached hydrogen (secondary N) is 2. The van der Waals surface area contributed by atoms with Gasteiger partial charge in [0, 0.05) is 48.8 Å². The summed E-state index contributed by atoms with van der Waals surface area (Å²) in [4.78, 5) is 28.1. The molecule has 0 fully saturated rings. The van der Waals surface area contributed by atoms with E-state index in [9.17, 15) is 9.59 Å². The van der Waals surface area contributed by atoms with Crippen molar-refractivity contribution in [3.05, 3.63) is 59.1 Å². The Balaban J connectivity index is 1.77. The van der Waals surface area contributed by atoms with Gasteiger partial charge in [0.15, 0.2) is 11.5 Å². The summed E-state index contributed by atoms with van der Waals surface area (Å²) in [5.41, 5.74) is 2.70. The summed E-state index contributed by atoms with van der Waals surface area (Å²) in [7, 11) is 3.08. The Morgan fingerprint density at radius 1 is 1.15 bits per heavy atom. The number of hydrogen-bond donors (Lipinski definition) is 2. The Morgan fingerprint density at radius 3 is 2.70 bits per heavy atom. The van der Waals surface area contributed by atoms with Gasteiger partial charge < -0.3 is 29.4 Å². The topological polar surface area (TPSA) is 94.1 Å². The zero-order valence-corrected chi connectivity index (χ0v) is 19.4. The molecule has 2 aliphatic heterocycles. The van der Waals surface area contributed by atoms with Crippen LogP contribution in [0.15, 0.2) is 47.8 Å². The Hall–Kier alpha value is -3.46. The van der Waals surface area contributed by atoms with E-state index in [0.717, 1.165) is 13.1 Å². The summed E-state index contributed by atoms with van der Waals surface area (Å²) < 4.78 is 18.7. The van der Waals surface area contributed by atoms with Gasteiger partial charge in [-0.3, -0.25) is 4.90 Å². The summed E-state index contributed by atoms with van der Waals surface area (Å²) >= 11 is 0. The van der Waals surface area contributed by atoms with Crippen LogP contribution in [0.5, 0.6) is 11.5 Å². The van der Waals surface area contributed by atoms with Gasteiger partial charge in [0.05, 0.1) is 32.4 Å². The van der Waals surface area contributed by atoms with Crippen LogP contribution < -0.4 is 20.1 Å². The number of esters is 1. The number of nitrogens with zero attached hydrogens (tertiary/aromatic N) is 2. The van der Waals surface area contributed by atoms with Crippen LogP contribution in [0.3, 0.4) is 0 Å². The van der Waals surface area contributed by atoms with E-state index in [1.54, 1.807) is 26.2 Å². The number of fused-ring (bicyclic) bond motifs is 1. The van der Waals surface area contributed by atoms with E-state index < -0.39 is 12.0 Å². The van der Waals surface area contributed by atoms with Crippen LogP contribution in [0.1, 0.15) is 37.2 Å². The SMILES string of the molecule is CCOC(=O)C1=C(CN2CCn3cccc3[C@H]2C)NC(=O)N[C@@H]1c1cccc(OC)c1OC. The highest BCUT2D eigenvalue weighted by molar-refractivity contribution is 5.95. The summed E-state index contributed by atoms with van der Waals surface area (Å²) in [6.45, 7) is 6.14. The zero-order chi connectivity index (χ0) is 23.5. The predicted octanol–water partition coefficient (Wildman–Crippen LogP) is 2.75. The minimum atomic E-state index is -0.748. The maximum absolute atomic E-state index is 13.2. The second-order valence-corrected chi connectivity index (χ2v) is 8.00. The molecule has 0 aliphatic carbocycles. The number of ether oxygens (including phenoxy) is 3. The van der Waals surface area contributed by atoms with Crippen LogP contribution in [-0.2, 0) is 16.1 Å². The van der Waals surface area contributed by atoms with E-state index in [1.165, 1.54) is 12.8 Å². The van der Waals surface area contributed by atoms with Gasteiger partial charge in [0.1, 0.15) is 0 Å². The Labute approximate surface area is 193 Å². The number of urea groups is 1. The van der Waals surface area contributed by atoms with Gasteiger partial charge in [-0.25, -0.2) is 9.59 Å². The molecule has 4 rings (SSSR count). The molecule has 176 valence electrons. The third-order valence-electron chi connectivity index (χ3n) is 6.22. The van der Waals surface area contributed by atoms with Crippen LogP contribution >= 0.6 is 0 Å². The van der Waals surface area contributed by atoms with Gasteiger partial charge >= 0.3 is 12.0 Å². The molecule has 0 spiro atoms. The van der Waals surface area contributed by atoms with E-state index in [2.05, 4.69) is 39.3 Å². The van der Waals surface area contributed by atoms with Crippen molar-refractivity contribution in [2.45, 2.75) is 32.5 Å². The molecule has 2 N–H and O–H groups in total. The summed E-state index contributed by atoms with van der Waals surface area (Å²) in [6.07, 6.45) is 2.07. The second kappa shape index (κ2) is 9.58. The number of carbonyl (C=O) groups is 2. The lowest BCUT2D eigenvalue weighted by Crippen LogP contribution is -2.49. The molecule has 2 aromatic rings. The first-order valence-electron chi connectivity index (χ1n) is 11.1. The minimum absolute atomic E-state index is 0.126. The largest absolute Gasteiger partial charge is 0.493 e. The lowest BCUT2D eigenvalue weighted by Gasteiger charge is -2.37. The van der Waals surface area contributed by atoms with Crippen molar-refractivity contribution >= 4 is 12.0 Å². The number of carbonyl (C=O) groups excluding carboxylic acids is 2. The molecule has 0 saturated carbocycles. The standard InChI is InChI=1S/C24H30N4O5/c1-5-33-23(29)20-17(14-28-13-12-27-11-7-9-18(27)15(28)2)25-24(30)26-21(20)16-8-6-10-19(31-3)22(16)32-4/h6-11,15,21H,5,12-14H2,1-4H3,(H2,25,26,30)/t15-,21-/m1/s1. The monoisotopic (exact) mass is 454 g/mol. The molecule has 2 amide bonds. The van der Waals surface area contributed by atoms with Crippen molar-refractivity contribution in [2.24, 2.45) is 0 Å². The molecule has 0 radical (unpaired) electrons. The van der Waals surface area contributed by atoms with Crippen molar-refractivity contribution in [3.63, 3.8) is 0 Å². The van der Waals surface area contributed by atoms with Gasteiger partial charge in [0.25, 0.3) is 0 Å². The number of aromatic nitrogens is 1. The average molecular weight is 455 g/mol. The normalized spacial score (nSPS) is 20.5. The molecule has 0 unspecified atom stereocenters. The van der Waals surface area contributed by atoms with Crippen molar-refractivity contribution in [3.8, 4) is 11.5 Å². The van der Waals surface area contributed by atoms with Crippen molar-refractivity contribution in [1.82, 2.24) is 20.1 Å². The number of benzene rings is 1. The fourth-order valence-electron chi connectivity index (χ4n) is 4.61. The maximum Gasteiger partial charge on any atom is 0.338 e. The number of amides is 2. The zero-order valence-electron chi connectivity index (χ0n) is 19.4. The highest BCUT2D eigenvalue weighted by Crippen LogP contribution is 2.39. The molecule has 1 aromatic heterocycles. The summed E-state index contributed by atoms with van der Waals surface area (Å²) in [5.74, 6) is 0.485. The first-order valence-corrected chi connectivity index (χ1v) is 11.1. The Kier molecular flexibility index (Phi) is 6.60. The first kappa shape index (κ1) is 22.7. The summed E-state index contributed by atoms with van der Waals surface area (Å²) in [6, 6.07) is 8.51. The Bertz CT molecular complexity index is 1080. The molecular formula is C24H30N4O5. The molecule has 2 atom stereocenters. The predicted molar refractivity (Wildman–Crippen MR) is 122 cm³/mol. The summed E-state index contributed by atoms with van der Waals surface area (Å²) in [5, 5.41) is 5.74. The number of hydrogen-bond acceptors (Lipinski definition) is 6. The molecule has 9 nitrogen and oxygen atoms in total. The highest BCUT2D eigenvalue weighted by atomic mass is 16.5. The van der Waals surface area contributed by atoms with Crippen molar-refractivity contribution in [1.29, 1.82) is 0 Å². The van der Waals surface area contributed by atoms with Gasteiger partial charge in [-0.05, 0) is 32.0 Å².